The second-order valence-electron chi connectivity index (χ2n) is 6.11. The van der Waals surface area contributed by atoms with E-state index in [2.05, 4.69) is 4.98 Å². The number of hydrogen-bond donors (Lipinski definition) is 0. The molecule has 3 rings (SSSR count). The van der Waals surface area contributed by atoms with Crippen LogP contribution < -0.4 is 4.74 Å². The highest BCUT2D eigenvalue weighted by molar-refractivity contribution is 5.91. The molecule has 7 nitrogen and oxygen atoms in total. The van der Waals surface area contributed by atoms with Crippen LogP contribution in [0.3, 0.4) is 0 Å². The van der Waals surface area contributed by atoms with Crippen LogP contribution in [0.25, 0.3) is 0 Å². The Hall–Kier alpha value is -2.83. The number of amides is 2. The van der Waals surface area contributed by atoms with E-state index in [0.717, 1.165) is 11.3 Å². The average molecular weight is 342 g/mol. The van der Waals surface area contributed by atoms with Crippen molar-refractivity contribution in [3.63, 3.8) is 0 Å². The molecule has 132 valence electrons. The number of methoxy groups -OCH3 is 1. The summed E-state index contributed by atoms with van der Waals surface area (Å²) in [5, 5.41) is 0. The maximum Gasteiger partial charge on any atom is 0.289 e. The highest BCUT2D eigenvalue weighted by Gasteiger charge is 2.33. The molecule has 0 aliphatic carbocycles. The molecular weight excluding hydrogens is 320 g/mol. The van der Waals surface area contributed by atoms with Crippen LogP contribution in [0.2, 0.25) is 0 Å². The number of carbonyl (C=O) groups is 2. The smallest absolute Gasteiger partial charge is 0.289 e. The van der Waals surface area contributed by atoms with E-state index in [1.165, 1.54) is 0 Å². The maximum atomic E-state index is 12.8. The third kappa shape index (κ3) is 3.35. The van der Waals surface area contributed by atoms with Crippen molar-refractivity contribution < 1.29 is 14.3 Å². The number of ether oxygens (including phenoxy) is 1. The summed E-state index contributed by atoms with van der Waals surface area (Å²) in [4.78, 5) is 32.5. The SMILES string of the molecule is COc1ccc(C2CN(C(=O)c3nccn3C)CCN2C(C)=O)cc1. The lowest BCUT2D eigenvalue weighted by Crippen LogP contribution is -2.52. The minimum absolute atomic E-state index is 0.00455. The van der Waals surface area contributed by atoms with Crippen molar-refractivity contribution in [3.05, 3.63) is 48.0 Å². The van der Waals surface area contributed by atoms with E-state index >= 15 is 0 Å². The number of carbonyl (C=O) groups excluding carboxylic acids is 2. The summed E-state index contributed by atoms with van der Waals surface area (Å²) in [5.74, 6) is 1.05. The molecule has 2 aromatic rings. The Labute approximate surface area is 146 Å². The van der Waals surface area contributed by atoms with E-state index in [1.54, 1.807) is 42.9 Å². The standard InChI is InChI=1S/C18H22N4O3/c1-13(23)22-11-10-21(18(24)17-19-8-9-20(17)2)12-16(22)14-4-6-15(25-3)7-5-14/h4-9,16H,10-12H2,1-3H3. The zero-order valence-corrected chi connectivity index (χ0v) is 14.7. The van der Waals surface area contributed by atoms with Gasteiger partial charge in [-0.15, -0.1) is 0 Å². The lowest BCUT2D eigenvalue weighted by Gasteiger charge is -2.41. The fraction of sp³-hybridized carbons (Fsp3) is 0.389. The third-order valence-electron chi connectivity index (χ3n) is 4.59. The first-order valence-corrected chi connectivity index (χ1v) is 8.19. The van der Waals surface area contributed by atoms with Gasteiger partial charge in [-0.2, -0.15) is 0 Å². The monoisotopic (exact) mass is 342 g/mol. The number of nitrogens with zero attached hydrogens (tertiary/aromatic N) is 4. The van der Waals surface area contributed by atoms with Crippen LogP contribution in [0.15, 0.2) is 36.7 Å². The van der Waals surface area contributed by atoms with Crippen molar-refractivity contribution >= 4 is 11.8 Å². The average Bonchev–Trinajstić information content (AvgIpc) is 3.06. The van der Waals surface area contributed by atoms with Crippen molar-refractivity contribution in [3.8, 4) is 5.75 Å². The van der Waals surface area contributed by atoms with E-state index in [1.807, 2.05) is 29.2 Å². The third-order valence-corrected chi connectivity index (χ3v) is 4.59. The first kappa shape index (κ1) is 17.0. The zero-order valence-electron chi connectivity index (χ0n) is 14.7. The Morgan fingerprint density at radius 1 is 1.20 bits per heavy atom. The Morgan fingerprint density at radius 3 is 2.48 bits per heavy atom. The highest BCUT2D eigenvalue weighted by Crippen LogP contribution is 2.27. The Balaban J connectivity index is 1.85. The van der Waals surface area contributed by atoms with Crippen molar-refractivity contribution in [1.82, 2.24) is 19.4 Å². The van der Waals surface area contributed by atoms with Crippen molar-refractivity contribution in [2.75, 3.05) is 26.7 Å². The van der Waals surface area contributed by atoms with E-state index in [-0.39, 0.29) is 17.9 Å². The highest BCUT2D eigenvalue weighted by atomic mass is 16.5. The van der Waals surface area contributed by atoms with Crippen LogP contribution in [0.5, 0.6) is 5.75 Å². The van der Waals surface area contributed by atoms with Gasteiger partial charge in [-0.05, 0) is 17.7 Å². The molecule has 0 saturated carbocycles. The Kier molecular flexibility index (Phi) is 4.74. The Morgan fingerprint density at radius 2 is 1.92 bits per heavy atom. The second kappa shape index (κ2) is 6.96. The summed E-state index contributed by atoms with van der Waals surface area (Å²) in [6.45, 7) is 3.00. The van der Waals surface area contributed by atoms with E-state index < -0.39 is 0 Å². The van der Waals surface area contributed by atoms with Gasteiger partial charge in [-0.25, -0.2) is 4.98 Å². The van der Waals surface area contributed by atoms with Crippen LogP contribution in [0, 0.1) is 0 Å². The summed E-state index contributed by atoms with van der Waals surface area (Å²) >= 11 is 0. The number of aryl methyl sites for hydroxylation is 1. The van der Waals surface area contributed by atoms with Gasteiger partial charge in [0.15, 0.2) is 5.82 Å². The fourth-order valence-electron chi connectivity index (χ4n) is 3.17. The number of benzene rings is 1. The molecule has 0 N–H and O–H groups in total. The second-order valence-corrected chi connectivity index (χ2v) is 6.11. The van der Waals surface area contributed by atoms with Gasteiger partial charge in [-0.3, -0.25) is 9.59 Å². The lowest BCUT2D eigenvalue weighted by atomic mass is 10.0. The fourth-order valence-corrected chi connectivity index (χ4v) is 3.17. The van der Waals surface area contributed by atoms with Crippen LogP contribution in [-0.2, 0) is 11.8 Å². The van der Waals surface area contributed by atoms with Gasteiger partial charge in [0.05, 0.1) is 13.2 Å². The first-order chi connectivity index (χ1) is 12.0. The molecule has 2 amide bonds. The zero-order chi connectivity index (χ0) is 18.0. The minimum atomic E-state index is -0.179. The number of aromatic nitrogens is 2. The molecular formula is C18H22N4O3. The van der Waals surface area contributed by atoms with Crippen molar-refractivity contribution in [2.24, 2.45) is 7.05 Å². The molecule has 0 bridgehead atoms. The van der Waals surface area contributed by atoms with Crippen LogP contribution in [-0.4, -0.2) is 57.9 Å². The molecule has 1 unspecified atom stereocenters. The molecule has 1 atom stereocenters. The van der Waals surface area contributed by atoms with Gasteiger partial charge in [0.2, 0.25) is 5.91 Å². The van der Waals surface area contributed by atoms with Gasteiger partial charge < -0.3 is 19.1 Å². The summed E-state index contributed by atoms with van der Waals surface area (Å²) in [6.07, 6.45) is 3.36. The van der Waals surface area contributed by atoms with Crippen molar-refractivity contribution in [1.29, 1.82) is 0 Å². The van der Waals surface area contributed by atoms with Gasteiger partial charge >= 0.3 is 0 Å². The quantitative estimate of drug-likeness (QED) is 0.847. The molecule has 1 saturated heterocycles. The predicted octanol–water partition coefficient (Wildman–Crippen LogP) is 1.47. The number of piperazine rings is 1. The van der Waals surface area contributed by atoms with Gasteiger partial charge in [0, 0.05) is 46.0 Å². The molecule has 1 aliphatic rings. The molecule has 1 aromatic carbocycles. The molecule has 0 radical (unpaired) electrons. The summed E-state index contributed by atoms with van der Waals surface area (Å²) < 4.78 is 6.91. The molecule has 0 spiro atoms. The lowest BCUT2D eigenvalue weighted by molar-refractivity contribution is -0.133. The molecule has 7 heteroatoms. The molecule has 1 aromatic heterocycles. The first-order valence-electron chi connectivity index (χ1n) is 8.19. The molecule has 1 fully saturated rings. The number of hydrogen-bond acceptors (Lipinski definition) is 4. The van der Waals surface area contributed by atoms with Crippen molar-refractivity contribution in [2.45, 2.75) is 13.0 Å². The number of imidazole rings is 1. The van der Waals surface area contributed by atoms with E-state index in [0.29, 0.717) is 25.5 Å². The number of rotatable bonds is 3. The molecule has 25 heavy (non-hydrogen) atoms. The summed E-state index contributed by atoms with van der Waals surface area (Å²) in [7, 11) is 3.41. The van der Waals surface area contributed by atoms with E-state index in [4.69, 9.17) is 4.74 Å². The topological polar surface area (TPSA) is 67.7 Å². The normalized spacial score (nSPS) is 17.5. The predicted molar refractivity (Wildman–Crippen MR) is 92.2 cm³/mol. The van der Waals surface area contributed by atoms with Gasteiger partial charge in [0.1, 0.15) is 5.75 Å². The summed E-state index contributed by atoms with van der Waals surface area (Å²) in [6, 6.07) is 7.43. The maximum absolute atomic E-state index is 12.8. The van der Waals surface area contributed by atoms with Crippen LogP contribution >= 0.6 is 0 Å². The largest absolute Gasteiger partial charge is 0.497 e. The molecule has 2 heterocycles. The van der Waals surface area contributed by atoms with Gasteiger partial charge in [-0.1, -0.05) is 12.1 Å². The van der Waals surface area contributed by atoms with Crippen LogP contribution in [0.4, 0.5) is 0 Å². The summed E-state index contributed by atoms with van der Waals surface area (Å²) in [5.41, 5.74) is 0.980. The van der Waals surface area contributed by atoms with Gasteiger partial charge in [0.25, 0.3) is 5.91 Å². The minimum Gasteiger partial charge on any atom is -0.497 e. The van der Waals surface area contributed by atoms with E-state index in [9.17, 15) is 9.59 Å². The Bertz CT molecular complexity index is 769. The van der Waals surface area contributed by atoms with Crippen LogP contribution in [0.1, 0.15) is 29.1 Å². The molecule has 1 aliphatic heterocycles.